The predicted octanol–water partition coefficient (Wildman–Crippen LogP) is 4.70. The van der Waals surface area contributed by atoms with E-state index in [1.807, 2.05) is 0 Å². The van der Waals surface area contributed by atoms with Crippen molar-refractivity contribution >= 4 is 40.0 Å². The quantitative estimate of drug-likeness (QED) is 0.252. The van der Waals surface area contributed by atoms with Gasteiger partial charge in [0, 0.05) is 5.39 Å². The molecule has 0 radical (unpaired) electrons. The third kappa shape index (κ3) is 5.25. The molecule has 1 amide bonds. The van der Waals surface area contributed by atoms with Crippen molar-refractivity contribution < 1.29 is 33.7 Å². The number of amides is 1. The molecule has 0 aromatic heterocycles. The zero-order valence-corrected chi connectivity index (χ0v) is 24.5. The van der Waals surface area contributed by atoms with Gasteiger partial charge in [0.15, 0.2) is 5.75 Å². The number of fused-ring (bicyclic) bond motifs is 1. The molecule has 0 spiro atoms. The zero-order valence-electron chi connectivity index (χ0n) is 24.5. The monoisotopic (exact) mass is 604 g/mol. The van der Waals surface area contributed by atoms with Crippen LogP contribution in [0.15, 0.2) is 108 Å². The largest absolute Gasteiger partial charge is 0.505 e. The second-order valence-corrected chi connectivity index (χ2v) is 9.83. The van der Waals surface area contributed by atoms with Gasteiger partial charge in [0.25, 0.3) is 5.91 Å². The van der Waals surface area contributed by atoms with Gasteiger partial charge in [-0.25, -0.2) is 9.59 Å². The maximum Gasteiger partial charge on any atom is 0.355 e. The van der Waals surface area contributed by atoms with Crippen LogP contribution in [0.2, 0.25) is 0 Å². The van der Waals surface area contributed by atoms with Gasteiger partial charge in [0.1, 0.15) is 17.3 Å². The molecule has 1 heterocycles. The lowest BCUT2D eigenvalue weighted by molar-refractivity contribution is -0.139. The second-order valence-electron chi connectivity index (χ2n) is 9.83. The molecule has 11 heteroatoms. The van der Waals surface area contributed by atoms with Crippen LogP contribution in [0, 0.1) is 11.3 Å². The highest BCUT2D eigenvalue weighted by Crippen LogP contribution is 2.48. The van der Waals surface area contributed by atoms with Gasteiger partial charge in [-0.1, -0.05) is 66.7 Å². The van der Waals surface area contributed by atoms with E-state index < -0.39 is 35.2 Å². The number of nitrogens with one attached hydrogen (secondary N) is 1. The summed E-state index contributed by atoms with van der Waals surface area (Å²) in [4.78, 5) is 41.9. The summed E-state index contributed by atoms with van der Waals surface area (Å²) in [5, 5.41) is 25.8. The number of para-hydroxylation sites is 2. The van der Waals surface area contributed by atoms with Crippen molar-refractivity contribution in [2.45, 2.75) is 5.92 Å². The van der Waals surface area contributed by atoms with Crippen LogP contribution in [0.4, 0.5) is 11.4 Å². The number of allylic oxidation sites excluding steroid dienone is 1. The summed E-state index contributed by atoms with van der Waals surface area (Å²) >= 11 is 0. The van der Waals surface area contributed by atoms with Crippen molar-refractivity contribution in [3.05, 3.63) is 119 Å². The summed E-state index contributed by atoms with van der Waals surface area (Å²) in [5.74, 6) is -4.19. The average Bonchev–Trinajstić information content (AvgIpc) is 3.07. The number of carbonyl (C=O) groups excluding carboxylic acids is 3. The maximum atomic E-state index is 13.7. The Bertz CT molecular complexity index is 1940. The smallest absolute Gasteiger partial charge is 0.355 e. The van der Waals surface area contributed by atoms with Crippen LogP contribution in [0.1, 0.15) is 21.8 Å². The fourth-order valence-electron chi connectivity index (χ4n) is 5.40. The fraction of sp³-hybridized carbons (Fsp3) is 0.118. The molecule has 4 aromatic carbocycles. The fourth-order valence-corrected chi connectivity index (χ4v) is 5.40. The number of nitrogens with zero attached hydrogens (tertiary/aromatic N) is 2. The minimum absolute atomic E-state index is 0.0957. The molecule has 0 fully saturated rings. The predicted molar refractivity (Wildman–Crippen MR) is 166 cm³/mol. The van der Waals surface area contributed by atoms with E-state index in [9.17, 15) is 24.8 Å². The molecule has 4 N–H and O–H groups in total. The summed E-state index contributed by atoms with van der Waals surface area (Å²) in [6.45, 7) is 0. The second kappa shape index (κ2) is 12.5. The molecule has 45 heavy (non-hydrogen) atoms. The molecule has 0 saturated carbocycles. The Labute approximate surface area is 258 Å². The van der Waals surface area contributed by atoms with Gasteiger partial charge in [-0.3, -0.25) is 9.69 Å². The number of methoxy groups -OCH3 is 3. The van der Waals surface area contributed by atoms with E-state index in [0.29, 0.717) is 27.8 Å². The minimum Gasteiger partial charge on any atom is -0.505 e. The number of hydrogen-bond acceptors (Lipinski definition) is 10. The van der Waals surface area contributed by atoms with Crippen LogP contribution >= 0.6 is 0 Å². The molecule has 226 valence electrons. The van der Waals surface area contributed by atoms with Crippen molar-refractivity contribution in [3.63, 3.8) is 0 Å². The first-order valence-corrected chi connectivity index (χ1v) is 13.6. The van der Waals surface area contributed by atoms with Gasteiger partial charge >= 0.3 is 11.9 Å². The van der Waals surface area contributed by atoms with E-state index in [-0.39, 0.29) is 28.2 Å². The number of esters is 2. The number of phenolic OH excluding ortho intramolecular Hbond substituents is 1. The Morgan fingerprint density at radius 3 is 2.22 bits per heavy atom. The van der Waals surface area contributed by atoms with Gasteiger partial charge in [0.2, 0.25) is 0 Å². The number of phenols is 1. The van der Waals surface area contributed by atoms with E-state index in [4.69, 9.17) is 19.9 Å². The van der Waals surface area contributed by atoms with Crippen LogP contribution in [-0.2, 0) is 19.1 Å². The lowest BCUT2D eigenvalue weighted by Crippen LogP contribution is -2.41. The first-order chi connectivity index (χ1) is 21.8. The minimum atomic E-state index is -1.11. The molecule has 1 atom stereocenters. The molecule has 5 rings (SSSR count). The Morgan fingerprint density at radius 1 is 0.911 bits per heavy atom. The third-order valence-electron chi connectivity index (χ3n) is 7.43. The van der Waals surface area contributed by atoms with Gasteiger partial charge in [-0.15, -0.1) is 0 Å². The summed E-state index contributed by atoms with van der Waals surface area (Å²) in [7, 11) is 3.71. The lowest BCUT2D eigenvalue weighted by Gasteiger charge is -2.36. The Morgan fingerprint density at radius 2 is 1.56 bits per heavy atom. The van der Waals surface area contributed by atoms with Crippen LogP contribution in [0.5, 0.6) is 11.5 Å². The summed E-state index contributed by atoms with van der Waals surface area (Å²) < 4.78 is 15.6. The normalized spacial score (nSPS) is 14.5. The number of hydrogen-bond donors (Lipinski definition) is 3. The van der Waals surface area contributed by atoms with Gasteiger partial charge in [-0.2, -0.15) is 5.26 Å². The number of carbonyl (C=O) groups is 3. The summed E-state index contributed by atoms with van der Waals surface area (Å²) in [5.41, 5.74) is 6.47. The molecule has 1 aliphatic rings. The SMILES string of the molecule is COC(=O)C1=C(C(=O)OC)N(c2c(O)c(C(=O)Nc3ccccc3OC)cc3ccccc23)C(N)=C(C#N)C1c1ccccc1. The molecule has 1 unspecified atom stereocenters. The van der Waals surface area contributed by atoms with Crippen molar-refractivity contribution in [2.75, 3.05) is 31.5 Å². The molecule has 11 nitrogen and oxygen atoms in total. The van der Waals surface area contributed by atoms with Crippen LogP contribution < -0.4 is 20.7 Å². The molecule has 1 aliphatic heterocycles. The zero-order chi connectivity index (χ0) is 32.2. The Hall–Kier alpha value is -6.28. The van der Waals surface area contributed by atoms with Crippen LogP contribution in [0.25, 0.3) is 10.8 Å². The van der Waals surface area contributed by atoms with Crippen molar-refractivity contribution in [2.24, 2.45) is 5.73 Å². The average molecular weight is 605 g/mol. The summed E-state index contributed by atoms with van der Waals surface area (Å²) in [6.07, 6.45) is 0. The lowest BCUT2D eigenvalue weighted by atomic mass is 9.80. The third-order valence-corrected chi connectivity index (χ3v) is 7.43. The number of ether oxygens (including phenoxy) is 3. The van der Waals surface area contributed by atoms with E-state index in [1.54, 1.807) is 78.9 Å². The van der Waals surface area contributed by atoms with Gasteiger partial charge in [-0.05, 0) is 29.1 Å². The van der Waals surface area contributed by atoms with E-state index in [2.05, 4.69) is 11.4 Å². The first-order valence-electron chi connectivity index (χ1n) is 13.6. The molecular formula is C34H28N4O7. The van der Waals surface area contributed by atoms with Crippen molar-refractivity contribution in [1.29, 1.82) is 5.26 Å². The van der Waals surface area contributed by atoms with Crippen LogP contribution in [-0.4, -0.2) is 44.3 Å². The number of benzene rings is 4. The summed E-state index contributed by atoms with van der Waals surface area (Å²) in [6, 6.07) is 25.6. The molecule has 4 aromatic rings. The Kier molecular flexibility index (Phi) is 8.40. The number of nitriles is 1. The number of anilines is 2. The van der Waals surface area contributed by atoms with Crippen molar-refractivity contribution in [3.8, 4) is 17.6 Å². The highest BCUT2D eigenvalue weighted by Gasteiger charge is 2.44. The first kappa shape index (κ1) is 30.2. The van der Waals surface area contributed by atoms with E-state index >= 15 is 0 Å². The van der Waals surface area contributed by atoms with Gasteiger partial charge < -0.3 is 30.4 Å². The standard InChI is InChI=1S/C34H28N4O7/c1-43-25-16-10-9-15-24(25)37-32(40)22-17-20-13-7-8-14-21(20)28(30(22)39)38-29(34(42)45-3)27(33(41)44-2)26(23(18-35)31(38)36)19-11-5-4-6-12-19/h4-17,26,39H,36H2,1-3H3,(H,37,40). The number of aromatic hydroxyl groups is 1. The molecule has 0 saturated heterocycles. The maximum absolute atomic E-state index is 13.7. The van der Waals surface area contributed by atoms with Gasteiger partial charge in [0.05, 0.1) is 61.4 Å². The van der Waals surface area contributed by atoms with E-state index in [0.717, 1.165) is 19.1 Å². The number of nitrogens with two attached hydrogens (primary N) is 1. The highest BCUT2D eigenvalue weighted by atomic mass is 16.5. The molecular weight excluding hydrogens is 576 g/mol. The topological polar surface area (TPSA) is 164 Å². The van der Waals surface area contributed by atoms with Crippen LogP contribution in [0.3, 0.4) is 0 Å². The molecule has 0 aliphatic carbocycles. The number of rotatable bonds is 7. The highest BCUT2D eigenvalue weighted by molar-refractivity contribution is 6.15. The Balaban J connectivity index is 1.84. The van der Waals surface area contributed by atoms with Crippen molar-refractivity contribution in [1.82, 2.24) is 0 Å². The molecule has 0 bridgehead atoms. The van der Waals surface area contributed by atoms with E-state index in [1.165, 1.54) is 13.2 Å².